The second-order valence-corrected chi connectivity index (χ2v) is 6.29. The van der Waals surface area contributed by atoms with Crippen molar-refractivity contribution in [2.45, 2.75) is 51.6 Å². The van der Waals surface area contributed by atoms with Gasteiger partial charge in [-0.1, -0.05) is 25.5 Å². The average Bonchev–Trinajstić information content (AvgIpc) is 2.87. The van der Waals surface area contributed by atoms with Crippen LogP contribution in [0.25, 0.3) is 0 Å². The Morgan fingerprint density at radius 2 is 2.10 bits per heavy atom. The Kier molecular flexibility index (Phi) is 4.15. The Bertz CT molecular complexity index is 503. The standard InChI is InChI=1S/C17H22FNO/c1-3-13-8-9-17(11-13,12-19)16(2,20)10-14-4-6-15(18)7-5-14/h4-7,13,20H,3,8-11H2,1-2H3. The molecule has 3 unspecified atom stereocenters. The first-order chi connectivity index (χ1) is 9.42. The van der Waals surface area contributed by atoms with Crippen molar-refractivity contribution in [1.82, 2.24) is 0 Å². The van der Waals surface area contributed by atoms with Crippen LogP contribution in [0.1, 0.15) is 45.1 Å². The number of aliphatic hydroxyl groups is 1. The summed E-state index contributed by atoms with van der Waals surface area (Å²) >= 11 is 0. The van der Waals surface area contributed by atoms with E-state index in [0.717, 1.165) is 31.2 Å². The average molecular weight is 275 g/mol. The maximum Gasteiger partial charge on any atom is 0.123 e. The maximum atomic E-state index is 12.9. The molecule has 108 valence electrons. The van der Waals surface area contributed by atoms with E-state index in [1.807, 2.05) is 0 Å². The smallest absolute Gasteiger partial charge is 0.123 e. The Hall–Kier alpha value is -1.40. The third-order valence-corrected chi connectivity index (χ3v) is 4.90. The number of rotatable bonds is 4. The first kappa shape index (κ1) is 15.0. The summed E-state index contributed by atoms with van der Waals surface area (Å²) in [5.74, 6) is 0.240. The molecule has 0 bridgehead atoms. The number of halogens is 1. The van der Waals surface area contributed by atoms with Crippen LogP contribution in [0.5, 0.6) is 0 Å². The summed E-state index contributed by atoms with van der Waals surface area (Å²) in [6.07, 6.45) is 3.95. The predicted octanol–water partition coefficient (Wildman–Crippen LogP) is 3.84. The van der Waals surface area contributed by atoms with Gasteiger partial charge in [0, 0.05) is 6.42 Å². The zero-order valence-electron chi connectivity index (χ0n) is 12.2. The monoisotopic (exact) mass is 275 g/mol. The van der Waals surface area contributed by atoms with Gasteiger partial charge >= 0.3 is 0 Å². The van der Waals surface area contributed by atoms with Gasteiger partial charge in [0.05, 0.1) is 17.1 Å². The molecule has 1 aromatic rings. The van der Waals surface area contributed by atoms with Crippen molar-refractivity contribution in [3.63, 3.8) is 0 Å². The molecule has 0 aliphatic heterocycles. The third kappa shape index (κ3) is 2.71. The lowest BCUT2D eigenvalue weighted by molar-refractivity contribution is -0.0379. The Morgan fingerprint density at radius 3 is 2.60 bits per heavy atom. The highest BCUT2D eigenvalue weighted by Crippen LogP contribution is 2.50. The quantitative estimate of drug-likeness (QED) is 0.907. The van der Waals surface area contributed by atoms with Gasteiger partial charge in [-0.15, -0.1) is 0 Å². The highest BCUT2D eigenvalue weighted by molar-refractivity contribution is 5.22. The molecule has 1 aromatic carbocycles. The highest BCUT2D eigenvalue weighted by atomic mass is 19.1. The Labute approximate surface area is 120 Å². The lowest BCUT2D eigenvalue weighted by Crippen LogP contribution is -2.45. The van der Waals surface area contributed by atoms with E-state index in [1.165, 1.54) is 12.1 Å². The van der Waals surface area contributed by atoms with Gasteiger partial charge in [-0.05, 0) is 49.8 Å². The molecule has 1 saturated carbocycles. The molecule has 2 rings (SSSR count). The SMILES string of the molecule is CCC1CCC(C#N)(C(C)(O)Cc2ccc(F)cc2)C1. The van der Waals surface area contributed by atoms with Crippen LogP contribution in [0.4, 0.5) is 4.39 Å². The van der Waals surface area contributed by atoms with Gasteiger partial charge < -0.3 is 5.11 Å². The minimum absolute atomic E-state index is 0.282. The number of hydrogen-bond donors (Lipinski definition) is 1. The zero-order valence-corrected chi connectivity index (χ0v) is 12.2. The molecule has 2 nitrogen and oxygen atoms in total. The molecule has 0 aromatic heterocycles. The lowest BCUT2D eigenvalue weighted by Gasteiger charge is -2.38. The first-order valence-corrected chi connectivity index (χ1v) is 7.30. The fourth-order valence-corrected chi connectivity index (χ4v) is 3.38. The van der Waals surface area contributed by atoms with Crippen LogP contribution in [0.15, 0.2) is 24.3 Å². The van der Waals surface area contributed by atoms with Gasteiger partial charge in [0.1, 0.15) is 5.82 Å². The van der Waals surface area contributed by atoms with Gasteiger partial charge in [-0.25, -0.2) is 4.39 Å². The Morgan fingerprint density at radius 1 is 1.45 bits per heavy atom. The summed E-state index contributed by atoms with van der Waals surface area (Å²) in [4.78, 5) is 0. The summed E-state index contributed by atoms with van der Waals surface area (Å²) in [7, 11) is 0. The van der Waals surface area contributed by atoms with Crippen LogP contribution in [-0.4, -0.2) is 10.7 Å². The molecule has 0 radical (unpaired) electrons. The van der Waals surface area contributed by atoms with Crippen molar-refractivity contribution in [2.24, 2.45) is 11.3 Å². The summed E-state index contributed by atoms with van der Waals surface area (Å²) in [5, 5.41) is 20.5. The molecule has 1 N–H and O–H groups in total. The predicted molar refractivity (Wildman–Crippen MR) is 76.4 cm³/mol. The second-order valence-electron chi connectivity index (χ2n) is 6.29. The van der Waals surface area contributed by atoms with E-state index in [9.17, 15) is 14.8 Å². The van der Waals surface area contributed by atoms with Crippen LogP contribution in [0, 0.1) is 28.5 Å². The summed E-state index contributed by atoms with van der Waals surface area (Å²) in [6.45, 7) is 3.88. The van der Waals surface area contributed by atoms with Crippen molar-refractivity contribution in [2.75, 3.05) is 0 Å². The molecule has 0 saturated heterocycles. The van der Waals surface area contributed by atoms with Gasteiger partial charge in [-0.3, -0.25) is 0 Å². The van der Waals surface area contributed by atoms with Gasteiger partial charge in [0.15, 0.2) is 0 Å². The van der Waals surface area contributed by atoms with E-state index >= 15 is 0 Å². The molecular formula is C17H22FNO. The number of benzene rings is 1. The van der Waals surface area contributed by atoms with E-state index in [-0.39, 0.29) is 5.82 Å². The summed E-state index contributed by atoms with van der Waals surface area (Å²) in [5.41, 5.74) is -0.892. The normalized spacial score (nSPS) is 28.9. The fraction of sp³-hybridized carbons (Fsp3) is 0.588. The van der Waals surface area contributed by atoms with E-state index in [0.29, 0.717) is 12.3 Å². The van der Waals surface area contributed by atoms with E-state index < -0.39 is 11.0 Å². The van der Waals surface area contributed by atoms with Crippen LogP contribution >= 0.6 is 0 Å². The van der Waals surface area contributed by atoms with Gasteiger partial charge in [0.2, 0.25) is 0 Å². The molecular weight excluding hydrogens is 253 g/mol. The van der Waals surface area contributed by atoms with E-state index in [4.69, 9.17) is 0 Å². The summed E-state index contributed by atoms with van der Waals surface area (Å²) in [6, 6.07) is 8.55. The van der Waals surface area contributed by atoms with E-state index in [2.05, 4.69) is 13.0 Å². The van der Waals surface area contributed by atoms with Crippen molar-refractivity contribution < 1.29 is 9.50 Å². The Balaban J connectivity index is 2.20. The molecule has 3 heteroatoms. The molecule has 1 aliphatic rings. The number of nitrogens with zero attached hydrogens (tertiary/aromatic N) is 1. The zero-order chi connectivity index (χ0) is 14.8. The van der Waals surface area contributed by atoms with Crippen LogP contribution in [-0.2, 0) is 6.42 Å². The lowest BCUT2D eigenvalue weighted by atomic mass is 9.69. The molecule has 0 heterocycles. The van der Waals surface area contributed by atoms with Crippen LogP contribution in [0.2, 0.25) is 0 Å². The van der Waals surface area contributed by atoms with Crippen molar-refractivity contribution >= 4 is 0 Å². The molecule has 0 amide bonds. The largest absolute Gasteiger partial charge is 0.388 e. The fourth-order valence-electron chi connectivity index (χ4n) is 3.38. The highest BCUT2D eigenvalue weighted by Gasteiger charge is 2.51. The minimum atomic E-state index is -1.08. The molecule has 1 aliphatic carbocycles. The van der Waals surface area contributed by atoms with Gasteiger partial charge in [0.25, 0.3) is 0 Å². The van der Waals surface area contributed by atoms with Crippen LogP contribution < -0.4 is 0 Å². The topological polar surface area (TPSA) is 44.0 Å². The van der Waals surface area contributed by atoms with Crippen molar-refractivity contribution in [3.05, 3.63) is 35.6 Å². The summed E-state index contributed by atoms with van der Waals surface area (Å²) < 4.78 is 12.9. The van der Waals surface area contributed by atoms with E-state index in [1.54, 1.807) is 19.1 Å². The second kappa shape index (κ2) is 5.54. The number of hydrogen-bond acceptors (Lipinski definition) is 2. The molecule has 3 atom stereocenters. The first-order valence-electron chi connectivity index (χ1n) is 7.30. The molecule has 20 heavy (non-hydrogen) atoms. The maximum absolute atomic E-state index is 12.9. The van der Waals surface area contributed by atoms with Crippen molar-refractivity contribution in [3.8, 4) is 6.07 Å². The third-order valence-electron chi connectivity index (χ3n) is 4.90. The van der Waals surface area contributed by atoms with Gasteiger partial charge in [-0.2, -0.15) is 5.26 Å². The number of nitriles is 1. The molecule has 1 fully saturated rings. The van der Waals surface area contributed by atoms with Crippen LogP contribution in [0.3, 0.4) is 0 Å². The van der Waals surface area contributed by atoms with Crippen molar-refractivity contribution in [1.29, 1.82) is 5.26 Å². The minimum Gasteiger partial charge on any atom is -0.388 e. The molecule has 0 spiro atoms.